The number of carbonyl (C=O) groups is 1. The maximum Gasteiger partial charge on any atom is 0.388 e. The summed E-state index contributed by atoms with van der Waals surface area (Å²) in [5.41, 5.74) is 4.94. The molecule has 0 radical (unpaired) electrons. The summed E-state index contributed by atoms with van der Waals surface area (Å²) in [6.07, 6.45) is 0. The third-order valence-corrected chi connectivity index (χ3v) is 3.76. The van der Waals surface area contributed by atoms with Crippen molar-refractivity contribution in [3.05, 3.63) is 33.3 Å². The number of aryl methyl sites for hydroxylation is 2. The monoisotopic (exact) mass is 289 g/mol. The molecule has 1 aliphatic heterocycles. The van der Waals surface area contributed by atoms with Gasteiger partial charge in [0.05, 0.1) is 0 Å². The number of hydrogen-bond donors (Lipinski definition) is 3. The molecule has 112 valence electrons. The highest BCUT2D eigenvalue weighted by Gasteiger charge is 2.19. The van der Waals surface area contributed by atoms with E-state index in [1.165, 1.54) is 0 Å². The van der Waals surface area contributed by atoms with Crippen molar-refractivity contribution in [3.63, 3.8) is 0 Å². The Balaban J connectivity index is 2.10. The maximum absolute atomic E-state index is 11.5. The Bertz CT molecular complexity index is 616. The van der Waals surface area contributed by atoms with E-state index in [0.29, 0.717) is 19.6 Å². The largest absolute Gasteiger partial charge is 0.388 e. The van der Waals surface area contributed by atoms with Crippen LogP contribution in [0.15, 0.2) is 6.07 Å². The van der Waals surface area contributed by atoms with Crippen molar-refractivity contribution in [2.24, 2.45) is 0 Å². The van der Waals surface area contributed by atoms with Gasteiger partial charge in [-0.3, -0.25) is 0 Å². The molecule has 0 unspecified atom stereocenters. The first kappa shape index (κ1) is 15.0. The standard InChI is InChI=1S/C15H20N4O2/c1-10-8-11(2)14(12(3)13(10)9-18-21)16-4-6-19-7-5-17-15(19)20/h8,16H,4-7H2,1-3H3,(H-,17,20,21)/p+1. The number of urea groups is 1. The number of hydrogen-bond acceptors (Lipinski definition) is 3. The van der Waals surface area contributed by atoms with Crippen LogP contribution in [0.2, 0.25) is 0 Å². The number of carbonyl (C=O) groups excluding carboxylic acids is 1. The van der Waals surface area contributed by atoms with Gasteiger partial charge >= 0.3 is 12.1 Å². The van der Waals surface area contributed by atoms with E-state index in [0.717, 1.165) is 34.5 Å². The molecule has 0 atom stereocenters. The summed E-state index contributed by atoms with van der Waals surface area (Å²) in [5, 5.41) is 17.9. The molecule has 0 saturated carbocycles. The molecular formula is C15H21N4O2+. The van der Waals surface area contributed by atoms with Crippen molar-refractivity contribution >= 4 is 11.7 Å². The molecule has 1 fully saturated rings. The second-order valence-corrected chi connectivity index (χ2v) is 5.24. The highest BCUT2D eigenvalue weighted by molar-refractivity contribution is 5.76. The van der Waals surface area contributed by atoms with Crippen LogP contribution in [0.25, 0.3) is 5.01 Å². The van der Waals surface area contributed by atoms with Crippen LogP contribution in [0.4, 0.5) is 10.5 Å². The van der Waals surface area contributed by atoms with Crippen molar-refractivity contribution < 1.29 is 10.0 Å². The van der Waals surface area contributed by atoms with Crippen LogP contribution in [0.1, 0.15) is 22.3 Å². The van der Waals surface area contributed by atoms with Crippen molar-refractivity contribution in [3.8, 4) is 6.07 Å². The predicted molar refractivity (Wildman–Crippen MR) is 82.2 cm³/mol. The second kappa shape index (κ2) is 6.35. The number of nitrogens with zero attached hydrogens (tertiary/aromatic N) is 2. The zero-order valence-corrected chi connectivity index (χ0v) is 12.7. The van der Waals surface area contributed by atoms with Crippen LogP contribution in [-0.2, 0) is 0 Å². The SMILES string of the molecule is Cc1cc(C)c(NCCN2CCNC2=O)c(C)c1C#[N+]O. The maximum atomic E-state index is 11.5. The molecule has 6 nitrogen and oxygen atoms in total. The molecule has 1 heterocycles. The van der Waals surface area contributed by atoms with E-state index in [2.05, 4.69) is 21.7 Å². The molecule has 1 aliphatic rings. The lowest BCUT2D eigenvalue weighted by molar-refractivity contribution is 0.219. The van der Waals surface area contributed by atoms with Crippen LogP contribution >= 0.6 is 0 Å². The summed E-state index contributed by atoms with van der Waals surface area (Å²) in [4.78, 5) is 13.3. The van der Waals surface area contributed by atoms with Crippen LogP contribution in [-0.4, -0.2) is 42.3 Å². The highest BCUT2D eigenvalue weighted by atomic mass is 16.4. The highest BCUT2D eigenvalue weighted by Crippen LogP contribution is 2.26. The Labute approximate surface area is 124 Å². The minimum atomic E-state index is -0.00409. The van der Waals surface area contributed by atoms with Crippen molar-refractivity contribution in [1.82, 2.24) is 10.2 Å². The zero-order valence-electron chi connectivity index (χ0n) is 12.7. The fourth-order valence-corrected chi connectivity index (χ4v) is 2.72. The molecule has 21 heavy (non-hydrogen) atoms. The fourth-order valence-electron chi connectivity index (χ4n) is 2.72. The summed E-state index contributed by atoms with van der Waals surface area (Å²) in [6, 6.07) is 4.65. The van der Waals surface area contributed by atoms with E-state index in [4.69, 9.17) is 5.21 Å². The third kappa shape index (κ3) is 3.19. The molecule has 1 saturated heterocycles. The molecule has 0 aromatic heterocycles. The van der Waals surface area contributed by atoms with Gasteiger partial charge in [-0.1, -0.05) is 6.07 Å². The molecule has 0 aliphatic carbocycles. The van der Waals surface area contributed by atoms with Gasteiger partial charge in [-0.25, -0.2) is 4.79 Å². The van der Waals surface area contributed by atoms with Crippen molar-refractivity contribution in [1.29, 1.82) is 0 Å². The van der Waals surface area contributed by atoms with Gasteiger partial charge in [-0.05, 0) is 37.5 Å². The molecule has 3 N–H and O–H groups in total. The predicted octanol–water partition coefficient (Wildman–Crippen LogP) is 2.12. The van der Waals surface area contributed by atoms with Gasteiger partial charge in [-0.15, -0.1) is 0 Å². The van der Waals surface area contributed by atoms with Crippen molar-refractivity contribution in [2.45, 2.75) is 20.8 Å². The topological polar surface area (TPSA) is 69.0 Å². The number of amides is 2. The van der Waals surface area contributed by atoms with Gasteiger partial charge in [-0.2, -0.15) is 5.21 Å². The lowest BCUT2D eigenvalue weighted by Crippen LogP contribution is -2.32. The lowest BCUT2D eigenvalue weighted by Gasteiger charge is -2.18. The molecule has 0 bridgehead atoms. The van der Waals surface area contributed by atoms with Gasteiger partial charge in [0, 0.05) is 31.9 Å². The molecule has 2 rings (SSSR count). The Hall–Kier alpha value is -2.42. The smallest absolute Gasteiger partial charge is 0.383 e. The third-order valence-electron chi connectivity index (χ3n) is 3.76. The van der Waals surface area contributed by atoms with Crippen LogP contribution in [0.5, 0.6) is 0 Å². The number of nitrogens with one attached hydrogen (secondary N) is 2. The normalized spacial score (nSPS) is 13.7. The van der Waals surface area contributed by atoms with Gasteiger partial charge in [0.2, 0.25) is 5.01 Å². The molecule has 6 heteroatoms. The van der Waals surface area contributed by atoms with E-state index in [1.807, 2.05) is 26.8 Å². The molecule has 1 aromatic rings. The minimum Gasteiger partial charge on any atom is -0.383 e. The Kier molecular flexibility index (Phi) is 4.53. The average Bonchev–Trinajstić information content (AvgIpc) is 2.84. The van der Waals surface area contributed by atoms with Crippen LogP contribution in [0.3, 0.4) is 0 Å². The number of benzene rings is 1. The van der Waals surface area contributed by atoms with Crippen molar-refractivity contribution in [2.75, 3.05) is 31.5 Å². The van der Waals surface area contributed by atoms with E-state index < -0.39 is 0 Å². The van der Waals surface area contributed by atoms with E-state index in [1.54, 1.807) is 4.90 Å². The van der Waals surface area contributed by atoms with Gasteiger partial charge in [0.15, 0.2) is 0 Å². The van der Waals surface area contributed by atoms with E-state index >= 15 is 0 Å². The fraction of sp³-hybridized carbons (Fsp3) is 0.467. The molecule has 0 spiro atoms. The summed E-state index contributed by atoms with van der Waals surface area (Å²) >= 11 is 0. The van der Waals surface area contributed by atoms with Gasteiger partial charge < -0.3 is 15.5 Å². The Morgan fingerprint density at radius 1 is 1.43 bits per heavy atom. The Morgan fingerprint density at radius 2 is 2.19 bits per heavy atom. The first-order valence-electron chi connectivity index (χ1n) is 7.02. The Morgan fingerprint density at radius 3 is 2.81 bits per heavy atom. The summed E-state index contributed by atoms with van der Waals surface area (Å²) in [7, 11) is 0. The zero-order chi connectivity index (χ0) is 15.4. The van der Waals surface area contributed by atoms with Crippen LogP contribution in [0, 0.1) is 26.8 Å². The van der Waals surface area contributed by atoms with Gasteiger partial charge in [0.25, 0.3) is 0 Å². The first-order chi connectivity index (χ1) is 10.0. The number of rotatable bonds is 4. The molecule has 2 amide bonds. The average molecular weight is 289 g/mol. The minimum absolute atomic E-state index is 0.00409. The summed E-state index contributed by atoms with van der Waals surface area (Å²) in [5.74, 6) is 0. The quantitative estimate of drug-likeness (QED) is 0.744. The van der Waals surface area contributed by atoms with Crippen LogP contribution < -0.4 is 10.6 Å². The molecular weight excluding hydrogens is 268 g/mol. The second-order valence-electron chi connectivity index (χ2n) is 5.24. The molecule has 1 aromatic carbocycles. The summed E-state index contributed by atoms with van der Waals surface area (Å²) < 4.78 is 0. The number of anilines is 1. The first-order valence-corrected chi connectivity index (χ1v) is 7.02. The summed E-state index contributed by atoms with van der Waals surface area (Å²) in [6.45, 7) is 8.77. The van der Waals surface area contributed by atoms with E-state index in [9.17, 15) is 4.79 Å². The van der Waals surface area contributed by atoms with E-state index in [-0.39, 0.29) is 6.03 Å². The van der Waals surface area contributed by atoms with Gasteiger partial charge in [0.1, 0.15) is 5.56 Å². The lowest BCUT2D eigenvalue weighted by atomic mass is 9.98.